The van der Waals surface area contributed by atoms with Crippen molar-refractivity contribution >= 4 is 17.6 Å². The molecule has 2 aromatic carbocycles. The van der Waals surface area contributed by atoms with E-state index in [1.807, 2.05) is 24.3 Å². The van der Waals surface area contributed by atoms with E-state index in [9.17, 15) is 4.79 Å². The number of benzene rings is 2. The van der Waals surface area contributed by atoms with Crippen LogP contribution in [0.25, 0.3) is 0 Å². The van der Waals surface area contributed by atoms with Gasteiger partial charge in [-0.05, 0) is 29.8 Å². The van der Waals surface area contributed by atoms with E-state index in [0.29, 0.717) is 23.7 Å². The molecule has 0 aliphatic rings. The molecule has 27 heavy (non-hydrogen) atoms. The third kappa shape index (κ3) is 6.10. The summed E-state index contributed by atoms with van der Waals surface area (Å²) in [6, 6.07) is 12.7. The van der Waals surface area contributed by atoms with Crippen LogP contribution in [0.15, 0.2) is 47.5 Å². The van der Waals surface area contributed by atoms with Crippen molar-refractivity contribution in [1.29, 1.82) is 0 Å². The van der Waals surface area contributed by atoms with E-state index in [4.69, 9.17) is 19.9 Å². The van der Waals surface area contributed by atoms with Crippen molar-refractivity contribution in [2.24, 2.45) is 10.7 Å². The van der Waals surface area contributed by atoms with Gasteiger partial charge in [0.05, 0.1) is 21.3 Å². The van der Waals surface area contributed by atoms with Gasteiger partial charge in [-0.1, -0.05) is 12.1 Å². The standard InChI is InChI=1S/C19H24N4O4/c1-25-15-7-4-13(5-8-15)11-21-18(24)12-22-19(20)23-14-6-9-16(26-2)17(10-14)27-3/h4-10H,11-12H2,1-3H3,(H,21,24)(H3,20,22,23). The average Bonchev–Trinajstić information content (AvgIpc) is 2.70. The summed E-state index contributed by atoms with van der Waals surface area (Å²) in [5.41, 5.74) is 7.46. The molecule has 0 bridgehead atoms. The molecule has 2 rings (SSSR count). The van der Waals surface area contributed by atoms with Crippen LogP contribution in [0.1, 0.15) is 5.56 Å². The molecule has 8 nitrogen and oxygen atoms in total. The highest BCUT2D eigenvalue weighted by Gasteiger charge is 2.06. The second-order valence-electron chi connectivity index (χ2n) is 5.52. The molecular weight excluding hydrogens is 348 g/mol. The normalized spacial score (nSPS) is 10.9. The lowest BCUT2D eigenvalue weighted by Crippen LogP contribution is -2.28. The molecule has 4 N–H and O–H groups in total. The van der Waals surface area contributed by atoms with Crippen molar-refractivity contribution in [3.8, 4) is 17.2 Å². The fourth-order valence-corrected chi connectivity index (χ4v) is 2.26. The smallest absolute Gasteiger partial charge is 0.242 e. The van der Waals surface area contributed by atoms with Crippen molar-refractivity contribution in [3.05, 3.63) is 48.0 Å². The summed E-state index contributed by atoms with van der Waals surface area (Å²) in [5, 5.41) is 5.69. The van der Waals surface area contributed by atoms with Crippen molar-refractivity contribution in [2.75, 3.05) is 33.2 Å². The summed E-state index contributed by atoms with van der Waals surface area (Å²) in [7, 11) is 4.72. The van der Waals surface area contributed by atoms with Crippen LogP contribution < -0.4 is 30.6 Å². The van der Waals surface area contributed by atoms with Crippen LogP contribution in [0.2, 0.25) is 0 Å². The first-order valence-corrected chi connectivity index (χ1v) is 8.24. The Kier molecular flexibility index (Phi) is 7.30. The first kappa shape index (κ1) is 19.9. The number of ether oxygens (including phenoxy) is 3. The number of nitrogens with one attached hydrogen (secondary N) is 2. The van der Waals surface area contributed by atoms with E-state index in [1.54, 1.807) is 39.5 Å². The van der Waals surface area contributed by atoms with Gasteiger partial charge in [-0.2, -0.15) is 0 Å². The molecule has 0 aromatic heterocycles. The minimum Gasteiger partial charge on any atom is -0.497 e. The van der Waals surface area contributed by atoms with Crippen LogP contribution in [0.4, 0.5) is 5.69 Å². The molecule has 0 atom stereocenters. The number of guanidine groups is 1. The monoisotopic (exact) mass is 372 g/mol. The minimum absolute atomic E-state index is 0.0811. The molecule has 0 unspecified atom stereocenters. The molecule has 0 saturated carbocycles. The molecule has 2 aromatic rings. The Balaban J connectivity index is 1.84. The zero-order valence-electron chi connectivity index (χ0n) is 15.6. The lowest BCUT2D eigenvalue weighted by molar-refractivity contribution is -0.119. The SMILES string of the molecule is COc1ccc(CNC(=O)CN=C(N)Nc2ccc(OC)c(OC)c2)cc1. The molecule has 0 radical (unpaired) electrons. The average molecular weight is 372 g/mol. The Morgan fingerprint density at radius 1 is 1.00 bits per heavy atom. The highest BCUT2D eigenvalue weighted by Crippen LogP contribution is 2.29. The van der Waals surface area contributed by atoms with Gasteiger partial charge in [-0.25, -0.2) is 4.99 Å². The minimum atomic E-state index is -0.233. The molecule has 0 saturated heterocycles. The van der Waals surface area contributed by atoms with Gasteiger partial charge in [-0.15, -0.1) is 0 Å². The highest BCUT2D eigenvalue weighted by atomic mass is 16.5. The van der Waals surface area contributed by atoms with Crippen LogP contribution in [-0.2, 0) is 11.3 Å². The topological polar surface area (TPSA) is 107 Å². The zero-order valence-corrected chi connectivity index (χ0v) is 15.6. The first-order valence-electron chi connectivity index (χ1n) is 8.24. The maximum Gasteiger partial charge on any atom is 0.242 e. The van der Waals surface area contributed by atoms with Gasteiger partial charge >= 0.3 is 0 Å². The van der Waals surface area contributed by atoms with Crippen LogP contribution in [0.5, 0.6) is 17.2 Å². The van der Waals surface area contributed by atoms with E-state index in [-0.39, 0.29) is 18.4 Å². The van der Waals surface area contributed by atoms with Gasteiger partial charge in [-0.3, -0.25) is 4.79 Å². The van der Waals surface area contributed by atoms with Crippen LogP contribution in [0.3, 0.4) is 0 Å². The molecule has 1 amide bonds. The summed E-state index contributed by atoms with van der Waals surface area (Å²) in [4.78, 5) is 16.0. The summed E-state index contributed by atoms with van der Waals surface area (Å²) in [6.07, 6.45) is 0. The predicted octanol–water partition coefficient (Wildman–Crippen LogP) is 1.76. The number of amides is 1. The van der Waals surface area contributed by atoms with Crippen molar-refractivity contribution in [2.45, 2.75) is 6.54 Å². The second kappa shape index (κ2) is 9.91. The lowest BCUT2D eigenvalue weighted by Gasteiger charge is -2.11. The van der Waals surface area contributed by atoms with Gasteiger partial charge in [0.25, 0.3) is 0 Å². The number of hydrogen-bond donors (Lipinski definition) is 3. The molecule has 0 aliphatic heterocycles. The molecule has 0 fully saturated rings. The summed E-state index contributed by atoms with van der Waals surface area (Å²) >= 11 is 0. The molecule has 8 heteroatoms. The number of nitrogens with zero attached hydrogens (tertiary/aromatic N) is 1. The fraction of sp³-hybridized carbons (Fsp3) is 0.263. The number of rotatable bonds is 8. The molecule has 0 aliphatic carbocycles. The maximum atomic E-state index is 11.9. The van der Waals surface area contributed by atoms with Crippen molar-refractivity contribution in [3.63, 3.8) is 0 Å². The number of methoxy groups -OCH3 is 3. The maximum absolute atomic E-state index is 11.9. The van der Waals surface area contributed by atoms with Gasteiger partial charge < -0.3 is 30.6 Å². The third-order valence-corrected chi connectivity index (χ3v) is 3.70. The Bertz CT molecular complexity index is 791. The largest absolute Gasteiger partial charge is 0.497 e. The van der Waals surface area contributed by atoms with Gasteiger partial charge in [0, 0.05) is 18.3 Å². The van der Waals surface area contributed by atoms with Gasteiger partial charge in [0.15, 0.2) is 17.5 Å². The van der Waals surface area contributed by atoms with E-state index in [0.717, 1.165) is 11.3 Å². The van der Waals surface area contributed by atoms with Gasteiger partial charge in [0.2, 0.25) is 5.91 Å². The number of carbonyl (C=O) groups excluding carboxylic acids is 1. The first-order chi connectivity index (χ1) is 13.0. The molecule has 0 heterocycles. The van der Waals surface area contributed by atoms with Gasteiger partial charge in [0.1, 0.15) is 12.3 Å². The number of carbonyl (C=O) groups is 1. The number of nitrogens with two attached hydrogens (primary N) is 1. The number of hydrogen-bond acceptors (Lipinski definition) is 5. The molecule has 144 valence electrons. The van der Waals surface area contributed by atoms with E-state index < -0.39 is 0 Å². The second-order valence-corrected chi connectivity index (χ2v) is 5.52. The number of aliphatic imine (C=N–C) groups is 1. The summed E-state index contributed by atoms with van der Waals surface area (Å²) < 4.78 is 15.5. The van der Waals surface area contributed by atoms with E-state index in [2.05, 4.69) is 15.6 Å². The Morgan fingerprint density at radius 2 is 1.70 bits per heavy atom. The zero-order chi connectivity index (χ0) is 19.6. The third-order valence-electron chi connectivity index (χ3n) is 3.70. The Morgan fingerprint density at radius 3 is 2.33 bits per heavy atom. The highest BCUT2D eigenvalue weighted by molar-refractivity contribution is 5.94. The lowest BCUT2D eigenvalue weighted by atomic mass is 10.2. The predicted molar refractivity (Wildman–Crippen MR) is 104 cm³/mol. The quantitative estimate of drug-likeness (QED) is 0.481. The molecular formula is C19H24N4O4. The van der Waals surface area contributed by atoms with Crippen LogP contribution in [-0.4, -0.2) is 39.7 Å². The summed E-state index contributed by atoms with van der Waals surface area (Å²) in [5.74, 6) is 1.83. The fourth-order valence-electron chi connectivity index (χ4n) is 2.26. The van der Waals surface area contributed by atoms with E-state index >= 15 is 0 Å². The Hall–Kier alpha value is -3.42. The van der Waals surface area contributed by atoms with Crippen LogP contribution in [0, 0.1) is 0 Å². The summed E-state index contributed by atoms with van der Waals surface area (Å²) in [6.45, 7) is 0.323. The van der Waals surface area contributed by atoms with Crippen molar-refractivity contribution < 1.29 is 19.0 Å². The molecule has 0 spiro atoms. The Labute approximate surface area is 158 Å². The van der Waals surface area contributed by atoms with E-state index in [1.165, 1.54) is 0 Å². The van der Waals surface area contributed by atoms with Crippen molar-refractivity contribution in [1.82, 2.24) is 5.32 Å². The van der Waals surface area contributed by atoms with Crippen LogP contribution >= 0.6 is 0 Å². The number of anilines is 1.